The van der Waals surface area contributed by atoms with Crippen LogP contribution in [0.4, 0.5) is 0 Å². The van der Waals surface area contributed by atoms with Crippen molar-refractivity contribution < 1.29 is 4.79 Å². The number of amides is 1. The molecule has 1 saturated heterocycles. The van der Waals surface area contributed by atoms with E-state index in [1.807, 2.05) is 24.3 Å². The number of aromatic nitrogens is 4. The number of thiophene rings is 1. The first-order chi connectivity index (χ1) is 17.1. The molecule has 1 aliphatic carbocycles. The molecule has 0 spiro atoms. The van der Waals surface area contributed by atoms with Crippen molar-refractivity contribution in [1.29, 1.82) is 0 Å². The fraction of sp³-hybridized carbons (Fsp3) is 0.400. The molecule has 1 amide bonds. The fourth-order valence-corrected chi connectivity index (χ4v) is 6.44. The number of aromatic amines is 1. The van der Waals surface area contributed by atoms with Crippen LogP contribution >= 0.6 is 11.3 Å². The van der Waals surface area contributed by atoms with Gasteiger partial charge in [0, 0.05) is 31.1 Å². The molecule has 4 heterocycles. The van der Waals surface area contributed by atoms with Gasteiger partial charge in [-0.1, -0.05) is 12.1 Å². The number of para-hydroxylation sites is 2. The predicted octanol–water partition coefficient (Wildman–Crippen LogP) is 1.92. The third-order valence-electron chi connectivity index (χ3n) is 7.02. The summed E-state index contributed by atoms with van der Waals surface area (Å²) in [6.45, 7) is 3.04. The third kappa shape index (κ3) is 4.17. The van der Waals surface area contributed by atoms with Crippen LogP contribution in [0.3, 0.4) is 0 Å². The minimum absolute atomic E-state index is 0.00352. The second kappa shape index (κ2) is 9.01. The van der Waals surface area contributed by atoms with Gasteiger partial charge in [-0.2, -0.15) is 0 Å². The van der Waals surface area contributed by atoms with Crippen molar-refractivity contribution in [2.75, 3.05) is 26.2 Å². The summed E-state index contributed by atoms with van der Waals surface area (Å²) in [5.41, 5.74) is 2.23. The van der Waals surface area contributed by atoms with Gasteiger partial charge >= 0.3 is 0 Å². The van der Waals surface area contributed by atoms with Gasteiger partial charge < -0.3 is 9.88 Å². The quantitative estimate of drug-likeness (QED) is 0.469. The number of aryl methyl sites for hydroxylation is 2. The third-order valence-corrected chi connectivity index (χ3v) is 8.20. The summed E-state index contributed by atoms with van der Waals surface area (Å²) in [6, 6.07) is 7.33. The van der Waals surface area contributed by atoms with Gasteiger partial charge in [0.1, 0.15) is 17.2 Å². The standard InChI is InChI=1S/C25H26N6O3S/c32-21-13-26-17-6-2-3-7-18(17)31(21)15-22(33)30-11-9-29(10-12-30)14-20-27-24(34)23-16-5-1-4-8-19(16)35-25(23)28-20/h2-3,6-7,13H,1,4-5,8-12,14-15H2,(H,27,28,34). The summed E-state index contributed by atoms with van der Waals surface area (Å²) in [5, 5.41) is 0.780. The number of H-pyrrole nitrogens is 1. The van der Waals surface area contributed by atoms with Gasteiger partial charge in [-0.05, 0) is 43.4 Å². The molecule has 35 heavy (non-hydrogen) atoms. The number of carbonyl (C=O) groups excluding carboxylic acids is 1. The van der Waals surface area contributed by atoms with Crippen LogP contribution in [-0.2, 0) is 30.7 Å². The molecule has 1 N–H and O–H groups in total. The molecule has 3 aromatic heterocycles. The van der Waals surface area contributed by atoms with Gasteiger partial charge in [0.05, 0.1) is 29.2 Å². The first-order valence-electron chi connectivity index (χ1n) is 12.0. The SMILES string of the molecule is O=C(Cn1c(=O)cnc2ccccc21)N1CCN(Cc2nc3sc4c(c3c(=O)[nH]2)CCCC4)CC1. The highest BCUT2D eigenvalue weighted by Crippen LogP contribution is 2.33. The van der Waals surface area contributed by atoms with Crippen molar-refractivity contribution in [2.45, 2.75) is 38.8 Å². The zero-order valence-electron chi connectivity index (χ0n) is 19.3. The average molecular weight is 491 g/mol. The zero-order chi connectivity index (χ0) is 23.9. The molecule has 0 bridgehead atoms. The van der Waals surface area contributed by atoms with E-state index in [-0.39, 0.29) is 23.6 Å². The van der Waals surface area contributed by atoms with Crippen LogP contribution in [0.1, 0.15) is 29.1 Å². The number of benzene rings is 1. The number of rotatable bonds is 4. The molecule has 1 aromatic carbocycles. The minimum Gasteiger partial charge on any atom is -0.339 e. The molecule has 10 heteroatoms. The van der Waals surface area contributed by atoms with Crippen LogP contribution in [0.5, 0.6) is 0 Å². The summed E-state index contributed by atoms with van der Waals surface area (Å²) in [4.78, 5) is 56.3. The molecule has 1 fully saturated rings. The lowest BCUT2D eigenvalue weighted by atomic mass is 9.97. The van der Waals surface area contributed by atoms with Crippen LogP contribution in [0, 0.1) is 0 Å². The first-order valence-corrected chi connectivity index (χ1v) is 12.9. The van der Waals surface area contributed by atoms with E-state index in [0.717, 1.165) is 29.5 Å². The smallest absolute Gasteiger partial charge is 0.269 e. The topological polar surface area (TPSA) is 104 Å². The van der Waals surface area contributed by atoms with E-state index < -0.39 is 0 Å². The van der Waals surface area contributed by atoms with E-state index >= 15 is 0 Å². The monoisotopic (exact) mass is 490 g/mol. The van der Waals surface area contributed by atoms with E-state index in [1.54, 1.807) is 16.2 Å². The van der Waals surface area contributed by atoms with E-state index in [1.165, 1.54) is 27.6 Å². The Morgan fingerprint density at radius 1 is 1.06 bits per heavy atom. The van der Waals surface area contributed by atoms with Crippen LogP contribution in [-0.4, -0.2) is 61.4 Å². The van der Waals surface area contributed by atoms with Crippen molar-refractivity contribution >= 4 is 38.5 Å². The number of nitrogens with zero attached hydrogens (tertiary/aromatic N) is 5. The number of carbonyl (C=O) groups is 1. The summed E-state index contributed by atoms with van der Waals surface area (Å²) in [6.07, 6.45) is 5.59. The molecular weight excluding hydrogens is 464 g/mol. The summed E-state index contributed by atoms with van der Waals surface area (Å²) >= 11 is 1.66. The lowest BCUT2D eigenvalue weighted by molar-refractivity contribution is -0.133. The number of hydrogen-bond donors (Lipinski definition) is 1. The van der Waals surface area contributed by atoms with Gasteiger partial charge in [0.25, 0.3) is 11.1 Å². The van der Waals surface area contributed by atoms with Crippen LogP contribution in [0.15, 0.2) is 40.1 Å². The highest BCUT2D eigenvalue weighted by Gasteiger charge is 2.24. The van der Waals surface area contributed by atoms with E-state index in [4.69, 9.17) is 4.98 Å². The molecular formula is C25H26N6O3S. The van der Waals surface area contributed by atoms with Gasteiger partial charge in [0.2, 0.25) is 5.91 Å². The van der Waals surface area contributed by atoms with Gasteiger partial charge in [0.15, 0.2) is 0 Å². The maximum absolute atomic E-state index is 13.0. The van der Waals surface area contributed by atoms with E-state index in [0.29, 0.717) is 49.6 Å². The predicted molar refractivity (Wildman–Crippen MR) is 135 cm³/mol. The Bertz CT molecular complexity index is 1550. The fourth-order valence-electron chi connectivity index (χ4n) is 5.16. The molecule has 0 unspecified atom stereocenters. The highest BCUT2D eigenvalue weighted by molar-refractivity contribution is 7.18. The maximum Gasteiger partial charge on any atom is 0.269 e. The molecule has 180 valence electrons. The lowest BCUT2D eigenvalue weighted by Gasteiger charge is -2.34. The van der Waals surface area contributed by atoms with E-state index in [2.05, 4.69) is 14.9 Å². The Morgan fingerprint density at radius 2 is 1.86 bits per heavy atom. The normalized spacial score (nSPS) is 16.6. The lowest BCUT2D eigenvalue weighted by Crippen LogP contribution is -2.49. The number of piperazine rings is 1. The molecule has 4 aromatic rings. The molecule has 6 rings (SSSR count). The summed E-state index contributed by atoms with van der Waals surface area (Å²) < 4.78 is 1.49. The van der Waals surface area contributed by atoms with Gasteiger partial charge in [-0.15, -0.1) is 11.3 Å². The van der Waals surface area contributed by atoms with E-state index in [9.17, 15) is 14.4 Å². The Labute approximate surface area is 205 Å². The minimum atomic E-state index is -0.281. The number of hydrogen-bond acceptors (Lipinski definition) is 7. The first kappa shape index (κ1) is 22.1. The molecule has 2 aliphatic rings. The van der Waals surface area contributed by atoms with Crippen molar-refractivity contribution in [3.8, 4) is 0 Å². The second-order valence-electron chi connectivity index (χ2n) is 9.23. The van der Waals surface area contributed by atoms with Crippen molar-refractivity contribution in [3.63, 3.8) is 0 Å². The summed E-state index contributed by atoms with van der Waals surface area (Å²) in [5.74, 6) is 0.593. The van der Waals surface area contributed by atoms with Crippen LogP contribution in [0.2, 0.25) is 0 Å². The Morgan fingerprint density at radius 3 is 2.71 bits per heavy atom. The Balaban J connectivity index is 1.12. The largest absolute Gasteiger partial charge is 0.339 e. The molecule has 0 atom stereocenters. The van der Waals surface area contributed by atoms with Crippen LogP contribution in [0.25, 0.3) is 21.3 Å². The maximum atomic E-state index is 13.0. The molecule has 9 nitrogen and oxygen atoms in total. The van der Waals surface area contributed by atoms with Crippen molar-refractivity contribution in [3.05, 3.63) is 67.4 Å². The Kier molecular flexibility index (Phi) is 5.69. The Hall–Kier alpha value is -3.37. The average Bonchev–Trinajstić information content (AvgIpc) is 3.25. The molecule has 0 radical (unpaired) electrons. The zero-order valence-corrected chi connectivity index (χ0v) is 20.1. The van der Waals surface area contributed by atoms with Crippen molar-refractivity contribution in [2.24, 2.45) is 0 Å². The van der Waals surface area contributed by atoms with Gasteiger partial charge in [-0.3, -0.25) is 23.9 Å². The summed E-state index contributed by atoms with van der Waals surface area (Å²) in [7, 11) is 0. The number of fused-ring (bicyclic) bond motifs is 4. The second-order valence-corrected chi connectivity index (χ2v) is 10.3. The van der Waals surface area contributed by atoms with Gasteiger partial charge in [-0.25, -0.2) is 9.97 Å². The highest BCUT2D eigenvalue weighted by atomic mass is 32.1. The van der Waals surface area contributed by atoms with Crippen LogP contribution < -0.4 is 11.1 Å². The number of nitrogens with one attached hydrogen (secondary N) is 1. The van der Waals surface area contributed by atoms with Crippen molar-refractivity contribution in [1.82, 2.24) is 29.3 Å². The molecule has 0 saturated carbocycles. The molecule has 1 aliphatic heterocycles.